The Morgan fingerprint density at radius 2 is 1.91 bits per heavy atom. The third-order valence-corrected chi connectivity index (χ3v) is 7.38. The van der Waals surface area contributed by atoms with Gasteiger partial charge in [-0.2, -0.15) is 17.2 Å². The molecule has 4 aliphatic rings. The lowest BCUT2D eigenvalue weighted by Gasteiger charge is -2.70. The van der Waals surface area contributed by atoms with Crippen LogP contribution in [-0.4, -0.2) is 41.5 Å². The summed E-state index contributed by atoms with van der Waals surface area (Å²) in [6.45, 7) is -0.343. The summed E-state index contributed by atoms with van der Waals surface area (Å²) in [5, 5.41) is 5.66. The third kappa shape index (κ3) is 1.41. The molecular weight excluding hydrogens is 322 g/mol. The van der Waals surface area contributed by atoms with Crippen molar-refractivity contribution < 1.29 is 36.4 Å². The maximum absolute atomic E-state index is 13.2. The van der Waals surface area contributed by atoms with Crippen LogP contribution in [0, 0.1) is 22.7 Å². The predicted octanol–water partition coefficient (Wildman–Crippen LogP) is 0.951. The molecule has 0 aromatic carbocycles. The first-order chi connectivity index (χ1) is 9.96. The molecule has 4 aliphatic carbocycles. The molecule has 2 bridgehead atoms. The highest BCUT2D eigenvalue weighted by molar-refractivity contribution is 7.87. The van der Waals surface area contributed by atoms with Crippen LogP contribution >= 0.6 is 0 Å². The second-order valence-corrected chi connectivity index (χ2v) is 8.99. The maximum atomic E-state index is 13.2. The molecular formula is C13H16F2O6S. The van der Waals surface area contributed by atoms with E-state index < -0.39 is 32.4 Å². The van der Waals surface area contributed by atoms with Gasteiger partial charge in [0.1, 0.15) is 0 Å². The molecule has 4 saturated carbocycles. The van der Waals surface area contributed by atoms with Gasteiger partial charge in [0.25, 0.3) is 0 Å². The molecule has 2 N–H and O–H groups in total. The normalized spacial score (nSPS) is 48.4. The van der Waals surface area contributed by atoms with Gasteiger partial charge in [0.05, 0.1) is 12.2 Å². The fourth-order valence-corrected chi connectivity index (χ4v) is 6.19. The van der Waals surface area contributed by atoms with Crippen LogP contribution in [0.2, 0.25) is 0 Å². The molecule has 0 heterocycles. The standard InChI is InChI=1S/C13H16F2O6S/c14-13(15,22(18,19)20)9(16)21-6-10-2-7-1-8-3-11(17,4-10)12(7,8)5-10/h7-8,17H,1-6H2,(H,18,19,20). The van der Waals surface area contributed by atoms with Gasteiger partial charge in [-0.1, -0.05) is 0 Å². The number of hydrogen-bond donors (Lipinski definition) is 2. The van der Waals surface area contributed by atoms with Crippen molar-refractivity contribution in [1.29, 1.82) is 0 Å². The first-order valence-electron chi connectivity index (χ1n) is 7.20. The van der Waals surface area contributed by atoms with Gasteiger partial charge in [-0.05, 0) is 43.9 Å². The van der Waals surface area contributed by atoms with Crippen LogP contribution in [0.15, 0.2) is 0 Å². The Morgan fingerprint density at radius 1 is 1.27 bits per heavy atom. The highest BCUT2D eigenvalue weighted by atomic mass is 32.2. The summed E-state index contributed by atoms with van der Waals surface area (Å²) >= 11 is 0. The van der Waals surface area contributed by atoms with E-state index in [9.17, 15) is 27.1 Å². The lowest BCUT2D eigenvalue weighted by Crippen LogP contribution is -2.71. The number of halogens is 2. The summed E-state index contributed by atoms with van der Waals surface area (Å²) in [6.07, 6.45) is 3.46. The Bertz CT molecular complexity index is 678. The smallest absolute Gasteiger partial charge is 0.460 e. The zero-order valence-corrected chi connectivity index (χ0v) is 12.4. The van der Waals surface area contributed by atoms with Gasteiger partial charge in [-0.25, -0.2) is 4.79 Å². The summed E-state index contributed by atoms with van der Waals surface area (Å²) in [4.78, 5) is 11.3. The minimum atomic E-state index is -5.85. The summed E-state index contributed by atoms with van der Waals surface area (Å²) < 4.78 is 60.4. The number of alkyl halides is 2. The molecule has 1 spiro atoms. The van der Waals surface area contributed by atoms with Crippen molar-refractivity contribution >= 4 is 16.1 Å². The van der Waals surface area contributed by atoms with Gasteiger partial charge in [0.2, 0.25) is 0 Å². The maximum Gasteiger partial charge on any atom is 0.465 e. The molecule has 22 heavy (non-hydrogen) atoms. The molecule has 0 aliphatic heterocycles. The lowest BCUT2D eigenvalue weighted by molar-refractivity contribution is -0.286. The largest absolute Gasteiger partial charge is 0.465 e. The summed E-state index contributed by atoms with van der Waals surface area (Å²) in [5.41, 5.74) is -1.46. The van der Waals surface area contributed by atoms with Gasteiger partial charge in [0.15, 0.2) is 0 Å². The van der Waals surface area contributed by atoms with Crippen molar-refractivity contribution in [1.82, 2.24) is 0 Å². The molecule has 9 heteroatoms. The highest BCUT2D eigenvalue weighted by Gasteiger charge is 2.84. The predicted molar refractivity (Wildman–Crippen MR) is 67.3 cm³/mol. The van der Waals surface area contributed by atoms with E-state index in [1.54, 1.807) is 0 Å². The van der Waals surface area contributed by atoms with Crippen molar-refractivity contribution in [2.45, 2.75) is 43.0 Å². The Hall–Kier alpha value is -0.800. The summed E-state index contributed by atoms with van der Waals surface area (Å²) in [5.74, 6) is -1.45. The number of hydrogen-bond acceptors (Lipinski definition) is 5. The minimum absolute atomic E-state index is 0.134. The van der Waals surface area contributed by atoms with Gasteiger partial charge in [-0.3, -0.25) is 4.55 Å². The van der Waals surface area contributed by atoms with E-state index in [4.69, 9.17) is 4.55 Å². The van der Waals surface area contributed by atoms with Crippen molar-refractivity contribution in [2.75, 3.05) is 6.61 Å². The average molecular weight is 338 g/mol. The molecule has 5 unspecified atom stereocenters. The van der Waals surface area contributed by atoms with E-state index in [-0.39, 0.29) is 12.0 Å². The Kier molecular flexibility index (Phi) is 2.45. The van der Waals surface area contributed by atoms with Gasteiger partial charge >= 0.3 is 21.3 Å². The summed E-state index contributed by atoms with van der Waals surface area (Å²) in [6, 6.07) is 0. The zero-order valence-electron chi connectivity index (χ0n) is 11.6. The number of rotatable bonds is 4. The molecule has 5 atom stereocenters. The molecule has 0 amide bonds. The quantitative estimate of drug-likeness (QED) is 0.585. The van der Waals surface area contributed by atoms with Crippen molar-refractivity contribution in [3.8, 4) is 0 Å². The van der Waals surface area contributed by atoms with Crippen molar-refractivity contribution in [2.24, 2.45) is 22.7 Å². The van der Waals surface area contributed by atoms with Crippen LogP contribution < -0.4 is 0 Å². The monoisotopic (exact) mass is 338 g/mol. The van der Waals surface area contributed by atoms with E-state index in [2.05, 4.69) is 4.74 Å². The Labute approximate surface area is 125 Å². The van der Waals surface area contributed by atoms with E-state index in [0.29, 0.717) is 37.5 Å². The molecule has 6 nitrogen and oxygen atoms in total. The van der Waals surface area contributed by atoms with Crippen LogP contribution in [0.4, 0.5) is 8.78 Å². The Morgan fingerprint density at radius 3 is 2.41 bits per heavy atom. The molecule has 0 aromatic rings. The van der Waals surface area contributed by atoms with E-state index >= 15 is 0 Å². The van der Waals surface area contributed by atoms with Crippen LogP contribution in [0.1, 0.15) is 32.1 Å². The van der Waals surface area contributed by atoms with E-state index in [1.807, 2.05) is 0 Å². The van der Waals surface area contributed by atoms with Crippen molar-refractivity contribution in [3.05, 3.63) is 0 Å². The second kappa shape index (κ2) is 3.64. The summed E-state index contributed by atoms with van der Waals surface area (Å²) in [7, 11) is -5.85. The zero-order chi connectivity index (χ0) is 16.2. The first-order valence-corrected chi connectivity index (χ1v) is 8.64. The minimum Gasteiger partial charge on any atom is -0.460 e. The fourth-order valence-electron chi connectivity index (χ4n) is 5.92. The van der Waals surface area contributed by atoms with Crippen LogP contribution in [0.3, 0.4) is 0 Å². The molecule has 0 saturated heterocycles. The van der Waals surface area contributed by atoms with E-state index in [1.165, 1.54) is 0 Å². The lowest BCUT2D eigenvalue weighted by atomic mass is 9.36. The Balaban J connectivity index is 1.49. The number of carbonyl (C=O) groups excluding carboxylic acids is 1. The number of aliphatic hydroxyl groups is 1. The molecule has 4 rings (SSSR count). The van der Waals surface area contributed by atoms with Crippen LogP contribution in [0.25, 0.3) is 0 Å². The third-order valence-electron chi connectivity index (χ3n) is 6.56. The average Bonchev–Trinajstić information content (AvgIpc) is 2.78. The molecule has 0 radical (unpaired) electrons. The van der Waals surface area contributed by atoms with E-state index in [0.717, 1.165) is 6.42 Å². The molecule has 4 fully saturated rings. The highest BCUT2D eigenvalue weighted by Crippen LogP contribution is 2.85. The van der Waals surface area contributed by atoms with Crippen molar-refractivity contribution in [3.63, 3.8) is 0 Å². The van der Waals surface area contributed by atoms with Crippen LogP contribution in [-0.2, 0) is 19.6 Å². The number of ether oxygens (including phenoxy) is 1. The fraction of sp³-hybridized carbons (Fsp3) is 0.923. The number of fused-ring (bicyclic) bond motifs is 1. The number of carbonyl (C=O) groups is 1. The SMILES string of the molecule is O=C(OCC12CC3CC4CC(O)(C1)C34C2)C(F)(F)S(=O)(=O)O. The van der Waals surface area contributed by atoms with Gasteiger partial charge in [-0.15, -0.1) is 0 Å². The molecule has 0 aromatic heterocycles. The second-order valence-electron chi connectivity index (χ2n) is 7.53. The number of esters is 1. The topological polar surface area (TPSA) is 101 Å². The van der Waals surface area contributed by atoms with Gasteiger partial charge in [0, 0.05) is 10.8 Å². The van der Waals surface area contributed by atoms with Gasteiger partial charge < -0.3 is 9.84 Å². The molecule has 124 valence electrons. The van der Waals surface area contributed by atoms with Crippen LogP contribution in [0.5, 0.6) is 0 Å². The first kappa shape index (κ1) is 14.8.